The number of pyridine rings is 1. The second-order valence-corrected chi connectivity index (χ2v) is 11.6. The van der Waals surface area contributed by atoms with Crippen LogP contribution in [0.1, 0.15) is 30.4 Å². The maximum absolute atomic E-state index is 15.8. The summed E-state index contributed by atoms with van der Waals surface area (Å²) < 4.78 is 89.6. The van der Waals surface area contributed by atoms with Gasteiger partial charge in [-0.25, -0.2) is 24.2 Å². The van der Waals surface area contributed by atoms with E-state index in [4.69, 9.17) is 22.1 Å². The minimum absolute atomic E-state index is 0. The van der Waals surface area contributed by atoms with Crippen LogP contribution in [0.2, 0.25) is 5.02 Å². The third-order valence-corrected chi connectivity index (χ3v) is 8.57. The fourth-order valence-electron chi connectivity index (χ4n) is 6.33. The summed E-state index contributed by atoms with van der Waals surface area (Å²) in [5.41, 5.74) is 2.21. The van der Waals surface area contributed by atoms with Crippen molar-refractivity contribution in [1.82, 2.24) is 19.9 Å². The van der Waals surface area contributed by atoms with Crippen LogP contribution in [0.4, 0.5) is 38.0 Å². The number of fused-ring (bicyclic) bond motifs is 3. The molecule has 5 heterocycles. The zero-order valence-corrected chi connectivity index (χ0v) is 28.4. The number of hydrogen-bond acceptors (Lipinski definition) is 8. The topological polar surface area (TPSA) is 101 Å². The van der Waals surface area contributed by atoms with E-state index < -0.39 is 69.7 Å². The number of ether oxygens (including phenoxy) is 1. The van der Waals surface area contributed by atoms with E-state index in [0.717, 1.165) is 25.5 Å². The maximum atomic E-state index is 15.8. The summed E-state index contributed by atoms with van der Waals surface area (Å²) in [7, 11) is 0. The van der Waals surface area contributed by atoms with E-state index in [1.807, 2.05) is 0 Å². The summed E-state index contributed by atoms with van der Waals surface area (Å²) >= 11 is 6.30. The van der Waals surface area contributed by atoms with Crippen LogP contribution in [0, 0.1) is 55.8 Å². The summed E-state index contributed by atoms with van der Waals surface area (Å²) in [5, 5.41) is 9.71. The number of hydrogen-bond donors (Lipinski definition) is 2. The van der Waals surface area contributed by atoms with E-state index >= 15 is 4.39 Å². The van der Waals surface area contributed by atoms with E-state index in [9.17, 15) is 27.1 Å². The molecule has 16 heteroatoms. The number of nitrogens with two attached hydrogens (primary N) is 1. The smallest absolute Gasteiger partial charge is 0.418 e. The van der Waals surface area contributed by atoms with Crippen LogP contribution >= 0.6 is 11.6 Å². The van der Waals surface area contributed by atoms with E-state index in [1.165, 1.54) is 30.4 Å². The van der Waals surface area contributed by atoms with Crippen molar-refractivity contribution in [3.8, 4) is 17.3 Å². The monoisotopic (exact) mass is 867 g/mol. The quantitative estimate of drug-likeness (QED) is 0.253. The van der Waals surface area contributed by atoms with Crippen molar-refractivity contribution in [3.63, 3.8) is 0 Å². The van der Waals surface area contributed by atoms with Gasteiger partial charge in [-0.05, 0) is 37.7 Å². The number of anilines is 2. The third-order valence-electron chi connectivity index (χ3n) is 8.28. The molecule has 4 aliphatic rings. The minimum atomic E-state index is -4.88. The van der Waals surface area contributed by atoms with Crippen molar-refractivity contribution in [2.75, 3.05) is 43.5 Å². The molecule has 1 saturated carbocycles. The SMILES string of the molecule is Cc1cc(N)nc(-c2c(Cl)cc3c(N4CCOC[C@@H]5[C@@H](F)[C@@H]54)nc(O)nc3c2F)c1C(F)(F)F.F[C@@H]1C[C-]2CCCN2C1.[U]. The zero-order chi connectivity index (χ0) is 30.8. The normalized spacial score (nSPS) is 25.1. The number of nitrogens with zero attached hydrogens (tertiary/aromatic N) is 5. The van der Waals surface area contributed by atoms with Gasteiger partial charge in [0.25, 0.3) is 0 Å². The Morgan fingerprint density at radius 1 is 1.16 bits per heavy atom. The Kier molecular flexibility index (Phi) is 9.56. The van der Waals surface area contributed by atoms with Crippen LogP contribution in [-0.4, -0.2) is 76.2 Å². The second-order valence-electron chi connectivity index (χ2n) is 11.2. The van der Waals surface area contributed by atoms with Gasteiger partial charge in [0, 0.05) is 49.0 Å². The van der Waals surface area contributed by atoms with Crippen molar-refractivity contribution < 1.29 is 67.3 Å². The fraction of sp³-hybridized carbons (Fsp3) is 0.500. The number of nitrogen functional groups attached to an aromatic ring is 1. The van der Waals surface area contributed by atoms with Crippen LogP contribution in [-0.2, 0) is 10.9 Å². The molecule has 2 aromatic heterocycles. The molecule has 0 radical (unpaired) electrons. The van der Waals surface area contributed by atoms with E-state index in [-0.39, 0.29) is 73.5 Å². The van der Waals surface area contributed by atoms with Gasteiger partial charge in [-0.1, -0.05) is 18.0 Å². The first-order valence-electron chi connectivity index (χ1n) is 13.8. The number of aromatic nitrogens is 3. The molecular formula is C28H28ClF6N6O2U-. The second kappa shape index (κ2) is 12.6. The molecular weight excluding hydrogens is 840 g/mol. The number of rotatable bonds is 2. The van der Waals surface area contributed by atoms with Crippen molar-refractivity contribution in [3.05, 3.63) is 40.1 Å². The molecule has 1 aliphatic carbocycles. The maximum Gasteiger partial charge on any atom is 0.418 e. The zero-order valence-electron chi connectivity index (χ0n) is 23.4. The first-order valence-corrected chi connectivity index (χ1v) is 14.2. The summed E-state index contributed by atoms with van der Waals surface area (Å²) in [6, 6.07) is 2.13. The number of alkyl halides is 5. The molecule has 236 valence electrons. The van der Waals surface area contributed by atoms with Gasteiger partial charge in [-0.2, -0.15) is 29.6 Å². The standard InChI is InChI=1S/C21H17ClF5N5O2.C7H11FN.U/c1-7-4-11(28)29-17(13(7)21(25,26)27)12-10(22)5-8-16(15(12)24)30-20(33)31-19(8)32-2-3-34-6-9-14(23)18(9)32;8-6-4-7-2-1-3-9(7)5-6;/h4-5,9,14,18H,2-3,6H2,1H3,(H2,28,29)(H,30,31,33);6H,1-5H2;/q;-1;/t9-,14-,18-;6-;/m11./s1. The average molecular weight is 868 g/mol. The molecule has 44 heavy (non-hydrogen) atoms. The Balaban J connectivity index is 0.000000327. The molecule has 0 bridgehead atoms. The summed E-state index contributed by atoms with van der Waals surface area (Å²) in [6.07, 6.45) is -3.52. The predicted octanol–water partition coefficient (Wildman–Crippen LogP) is 5.63. The van der Waals surface area contributed by atoms with Gasteiger partial charge in [-0.15, -0.1) is 6.42 Å². The van der Waals surface area contributed by atoms with Crippen molar-refractivity contribution in [2.45, 2.75) is 50.7 Å². The van der Waals surface area contributed by atoms with Crippen LogP contribution in [0.5, 0.6) is 6.01 Å². The Labute approximate surface area is 277 Å². The largest absolute Gasteiger partial charge is 0.479 e. The van der Waals surface area contributed by atoms with Crippen molar-refractivity contribution in [1.29, 1.82) is 0 Å². The van der Waals surface area contributed by atoms with Crippen LogP contribution in [0.25, 0.3) is 22.2 Å². The van der Waals surface area contributed by atoms with Gasteiger partial charge in [0.2, 0.25) is 0 Å². The number of halogens is 7. The Hall–Kier alpha value is -2.05. The molecule has 3 saturated heterocycles. The summed E-state index contributed by atoms with van der Waals surface area (Å²) in [5.74, 6) is -1.92. The molecule has 8 nitrogen and oxygen atoms in total. The molecule has 1 aromatic carbocycles. The predicted molar refractivity (Wildman–Crippen MR) is 147 cm³/mol. The van der Waals surface area contributed by atoms with Gasteiger partial charge >= 0.3 is 12.2 Å². The van der Waals surface area contributed by atoms with Crippen LogP contribution in [0.15, 0.2) is 12.1 Å². The third kappa shape index (κ3) is 6.19. The number of aromatic hydroxyl groups is 1. The van der Waals surface area contributed by atoms with Gasteiger partial charge in [0.05, 0.1) is 47.3 Å². The fourth-order valence-corrected chi connectivity index (χ4v) is 6.61. The van der Waals surface area contributed by atoms with Crippen LogP contribution in [0.3, 0.4) is 0 Å². The van der Waals surface area contributed by atoms with E-state index in [2.05, 4.69) is 19.9 Å². The minimum Gasteiger partial charge on any atom is -0.479 e. The van der Waals surface area contributed by atoms with Gasteiger partial charge < -0.3 is 25.4 Å². The van der Waals surface area contributed by atoms with Crippen molar-refractivity contribution in [2.24, 2.45) is 5.92 Å². The van der Waals surface area contributed by atoms with Gasteiger partial charge in [-0.3, -0.25) is 0 Å². The van der Waals surface area contributed by atoms with Gasteiger partial charge in [0.15, 0.2) is 5.82 Å². The summed E-state index contributed by atoms with van der Waals surface area (Å²) in [4.78, 5) is 15.1. The molecule has 4 fully saturated rings. The average Bonchev–Trinajstić information content (AvgIpc) is 3.21. The molecule has 0 amide bonds. The number of aryl methyl sites for hydroxylation is 1. The Bertz CT molecular complexity index is 1560. The van der Waals surface area contributed by atoms with Gasteiger partial charge in [0.1, 0.15) is 23.3 Å². The van der Waals surface area contributed by atoms with Crippen molar-refractivity contribution >= 4 is 34.1 Å². The summed E-state index contributed by atoms with van der Waals surface area (Å²) in [6.45, 7) is 3.59. The first kappa shape index (κ1) is 33.3. The molecule has 4 atom stereocenters. The molecule has 3 N–H and O–H groups in total. The molecule has 3 aliphatic heterocycles. The molecule has 7 rings (SSSR count). The van der Waals surface area contributed by atoms with E-state index in [1.54, 1.807) is 0 Å². The Morgan fingerprint density at radius 3 is 2.61 bits per heavy atom. The number of benzene rings is 1. The van der Waals surface area contributed by atoms with Crippen LogP contribution < -0.4 is 10.6 Å². The molecule has 0 unspecified atom stereocenters. The molecule has 0 spiro atoms. The first-order chi connectivity index (χ1) is 20.3. The Morgan fingerprint density at radius 2 is 1.91 bits per heavy atom. The molecule has 3 aromatic rings. The van der Waals surface area contributed by atoms with E-state index in [0.29, 0.717) is 6.54 Å².